The second-order valence-corrected chi connectivity index (χ2v) is 4.11. The Labute approximate surface area is 107 Å². The van der Waals surface area contributed by atoms with Crippen LogP contribution in [0, 0.1) is 6.92 Å². The molecular formula is C15H17NO2. The highest BCUT2D eigenvalue weighted by atomic mass is 16.5. The van der Waals surface area contributed by atoms with E-state index in [-0.39, 0.29) is 0 Å². The van der Waals surface area contributed by atoms with Crippen LogP contribution in [-0.4, -0.2) is 7.11 Å². The summed E-state index contributed by atoms with van der Waals surface area (Å²) in [4.78, 5) is 0. The Balaban J connectivity index is 2.09. The van der Waals surface area contributed by atoms with Gasteiger partial charge >= 0.3 is 0 Å². The van der Waals surface area contributed by atoms with Crippen LogP contribution in [0.2, 0.25) is 0 Å². The van der Waals surface area contributed by atoms with Gasteiger partial charge in [0, 0.05) is 11.3 Å². The molecule has 0 aliphatic heterocycles. The summed E-state index contributed by atoms with van der Waals surface area (Å²) in [6.07, 6.45) is 0. The average molecular weight is 243 g/mol. The molecule has 94 valence electrons. The second kappa shape index (κ2) is 5.45. The number of rotatable bonds is 4. The Morgan fingerprint density at radius 2 is 1.89 bits per heavy atom. The Morgan fingerprint density at radius 1 is 1.11 bits per heavy atom. The molecule has 0 fully saturated rings. The van der Waals surface area contributed by atoms with Crippen molar-refractivity contribution in [2.24, 2.45) is 0 Å². The summed E-state index contributed by atoms with van der Waals surface area (Å²) in [5.41, 5.74) is 8.62. The summed E-state index contributed by atoms with van der Waals surface area (Å²) in [7, 11) is 1.65. The highest BCUT2D eigenvalue weighted by Crippen LogP contribution is 2.24. The lowest BCUT2D eigenvalue weighted by molar-refractivity contribution is 0.303. The molecule has 0 unspecified atom stereocenters. The van der Waals surface area contributed by atoms with Gasteiger partial charge in [-0.05, 0) is 36.8 Å². The van der Waals surface area contributed by atoms with Crippen molar-refractivity contribution in [2.45, 2.75) is 13.5 Å². The molecule has 0 spiro atoms. The van der Waals surface area contributed by atoms with E-state index < -0.39 is 0 Å². The van der Waals surface area contributed by atoms with Gasteiger partial charge in [0.25, 0.3) is 0 Å². The van der Waals surface area contributed by atoms with Crippen LogP contribution in [-0.2, 0) is 6.61 Å². The van der Waals surface area contributed by atoms with Gasteiger partial charge in [-0.15, -0.1) is 0 Å². The smallest absolute Gasteiger partial charge is 0.124 e. The van der Waals surface area contributed by atoms with Gasteiger partial charge in [-0.25, -0.2) is 0 Å². The summed E-state index contributed by atoms with van der Waals surface area (Å²) in [6.45, 7) is 2.46. The number of hydrogen-bond donors (Lipinski definition) is 1. The van der Waals surface area contributed by atoms with Crippen LogP contribution in [0.3, 0.4) is 0 Å². The van der Waals surface area contributed by atoms with E-state index in [0.29, 0.717) is 6.61 Å². The summed E-state index contributed by atoms with van der Waals surface area (Å²) in [5.74, 6) is 1.65. The van der Waals surface area contributed by atoms with Gasteiger partial charge in [0.1, 0.15) is 18.1 Å². The van der Waals surface area contributed by atoms with Gasteiger partial charge in [-0.1, -0.05) is 18.2 Å². The van der Waals surface area contributed by atoms with Gasteiger partial charge in [-0.2, -0.15) is 0 Å². The van der Waals surface area contributed by atoms with E-state index in [1.54, 1.807) is 7.11 Å². The summed E-state index contributed by atoms with van der Waals surface area (Å²) < 4.78 is 10.9. The molecule has 0 aliphatic carbocycles. The minimum absolute atomic E-state index is 0.501. The molecule has 2 aromatic carbocycles. The Bertz CT molecular complexity index is 538. The third-order valence-corrected chi connectivity index (χ3v) is 2.85. The maximum atomic E-state index is 5.84. The predicted octanol–water partition coefficient (Wildman–Crippen LogP) is 3.16. The number of anilines is 1. The fourth-order valence-electron chi connectivity index (χ4n) is 1.71. The van der Waals surface area contributed by atoms with E-state index in [0.717, 1.165) is 28.3 Å². The van der Waals surface area contributed by atoms with Gasteiger partial charge in [0.15, 0.2) is 0 Å². The van der Waals surface area contributed by atoms with E-state index in [1.165, 1.54) is 0 Å². The number of nitrogens with two attached hydrogens (primary N) is 1. The third kappa shape index (κ3) is 2.74. The Morgan fingerprint density at radius 3 is 2.67 bits per heavy atom. The fraction of sp³-hybridized carbons (Fsp3) is 0.200. The van der Waals surface area contributed by atoms with E-state index in [4.69, 9.17) is 15.2 Å². The topological polar surface area (TPSA) is 44.5 Å². The lowest BCUT2D eigenvalue weighted by atomic mass is 10.2. The average Bonchev–Trinajstić information content (AvgIpc) is 2.41. The minimum atomic E-state index is 0.501. The van der Waals surface area contributed by atoms with Crippen molar-refractivity contribution in [3.05, 3.63) is 53.6 Å². The number of nitrogen functional groups attached to an aromatic ring is 1. The van der Waals surface area contributed by atoms with Crippen molar-refractivity contribution in [1.82, 2.24) is 0 Å². The quantitative estimate of drug-likeness (QED) is 0.839. The van der Waals surface area contributed by atoms with Crippen molar-refractivity contribution in [2.75, 3.05) is 12.8 Å². The third-order valence-electron chi connectivity index (χ3n) is 2.85. The van der Waals surface area contributed by atoms with Crippen LogP contribution in [0.4, 0.5) is 5.69 Å². The van der Waals surface area contributed by atoms with Gasteiger partial charge < -0.3 is 15.2 Å². The van der Waals surface area contributed by atoms with Crippen LogP contribution >= 0.6 is 0 Å². The number of hydrogen-bond acceptors (Lipinski definition) is 3. The molecule has 2 aromatic rings. The molecule has 2 N–H and O–H groups in total. The Hall–Kier alpha value is -2.16. The highest BCUT2D eigenvalue weighted by molar-refractivity contribution is 5.53. The highest BCUT2D eigenvalue weighted by Gasteiger charge is 2.03. The molecule has 0 atom stereocenters. The van der Waals surface area contributed by atoms with E-state index in [1.807, 2.05) is 49.4 Å². The van der Waals surface area contributed by atoms with Crippen molar-refractivity contribution in [1.29, 1.82) is 0 Å². The van der Waals surface area contributed by atoms with Gasteiger partial charge in [0.2, 0.25) is 0 Å². The van der Waals surface area contributed by atoms with Crippen LogP contribution in [0.5, 0.6) is 11.5 Å². The molecule has 0 saturated heterocycles. The van der Waals surface area contributed by atoms with Gasteiger partial charge in [-0.3, -0.25) is 0 Å². The maximum Gasteiger partial charge on any atom is 0.124 e. The molecule has 3 nitrogen and oxygen atoms in total. The Kier molecular flexibility index (Phi) is 3.72. The standard InChI is InChI=1S/C15H17NO2/c1-11-14(16)7-4-8-15(11)18-10-12-5-3-6-13(9-12)17-2/h3-9H,10,16H2,1-2H3. The van der Waals surface area contributed by atoms with Crippen LogP contribution in [0.1, 0.15) is 11.1 Å². The molecular weight excluding hydrogens is 226 g/mol. The molecule has 0 radical (unpaired) electrons. The normalized spacial score (nSPS) is 10.1. The second-order valence-electron chi connectivity index (χ2n) is 4.11. The van der Waals surface area contributed by atoms with Crippen molar-refractivity contribution >= 4 is 5.69 Å². The van der Waals surface area contributed by atoms with Gasteiger partial charge in [0.05, 0.1) is 7.11 Å². The van der Waals surface area contributed by atoms with Crippen molar-refractivity contribution in [3.63, 3.8) is 0 Å². The monoisotopic (exact) mass is 243 g/mol. The van der Waals surface area contributed by atoms with Crippen LogP contribution < -0.4 is 15.2 Å². The first-order valence-electron chi connectivity index (χ1n) is 5.81. The SMILES string of the molecule is COc1cccc(COc2cccc(N)c2C)c1. The molecule has 18 heavy (non-hydrogen) atoms. The zero-order valence-electron chi connectivity index (χ0n) is 10.6. The summed E-state index contributed by atoms with van der Waals surface area (Å²) in [6, 6.07) is 13.5. The molecule has 0 bridgehead atoms. The first kappa shape index (κ1) is 12.3. The molecule has 0 amide bonds. The number of ether oxygens (including phenoxy) is 2. The maximum absolute atomic E-state index is 5.84. The molecule has 3 heteroatoms. The zero-order chi connectivity index (χ0) is 13.0. The number of benzene rings is 2. The minimum Gasteiger partial charge on any atom is -0.497 e. The van der Waals surface area contributed by atoms with Crippen LogP contribution in [0.25, 0.3) is 0 Å². The molecule has 2 rings (SSSR count). The lowest BCUT2D eigenvalue weighted by Gasteiger charge is -2.11. The largest absolute Gasteiger partial charge is 0.497 e. The van der Waals surface area contributed by atoms with Crippen molar-refractivity contribution in [3.8, 4) is 11.5 Å². The van der Waals surface area contributed by atoms with E-state index in [2.05, 4.69) is 0 Å². The summed E-state index contributed by atoms with van der Waals surface area (Å²) >= 11 is 0. The molecule has 0 aliphatic rings. The van der Waals surface area contributed by atoms with Crippen LogP contribution in [0.15, 0.2) is 42.5 Å². The first-order valence-corrected chi connectivity index (χ1v) is 5.81. The van der Waals surface area contributed by atoms with E-state index >= 15 is 0 Å². The first-order chi connectivity index (χ1) is 8.70. The zero-order valence-corrected chi connectivity index (χ0v) is 10.6. The predicted molar refractivity (Wildman–Crippen MR) is 72.9 cm³/mol. The number of methoxy groups -OCH3 is 1. The molecule has 0 saturated carbocycles. The molecule has 0 aromatic heterocycles. The van der Waals surface area contributed by atoms with E-state index in [9.17, 15) is 0 Å². The van der Waals surface area contributed by atoms with Crippen molar-refractivity contribution < 1.29 is 9.47 Å². The fourth-order valence-corrected chi connectivity index (χ4v) is 1.71. The molecule has 0 heterocycles. The summed E-state index contributed by atoms with van der Waals surface area (Å²) in [5, 5.41) is 0. The lowest BCUT2D eigenvalue weighted by Crippen LogP contribution is -1.99.